The van der Waals surface area contributed by atoms with Gasteiger partial charge in [-0.1, -0.05) is 17.7 Å². The topological polar surface area (TPSA) is 48.7 Å². The molecular weight excluding hydrogens is 254 g/mol. The van der Waals surface area contributed by atoms with Crippen molar-refractivity contribution < 1.29 is 0 Å². The Kier molecular flexibility index (Phi) is 3.62. The van der Waals surface area contributed by atoms with Gasteiger partial charge in [-0.25, -0.2) is 4.98 Å². The maximum Gasteiger partial charge on any atom is 0.142 e. The molecule has 0 saturated carbocycles. The second-order valence-electron chi connectivity index (χ2n) is 3.53. The van der Waals surface area contributed by atoms with Gasteiger partial charge in [-0.05, 0) is 31.2 Å². The highest BCUT2D eigenvalue weighted by atomic mass is 35.5. The summed E-state index contributed by atoms with van der Waals surface area (Å²) in [6, 6.07) is 11.3. The molecule has 0 aliphatic rings. The molecular formula is C12H10ClN3S. The molecule has 1 N–H and O–H groups in total. The van der Waals surface area contributed by atoms with Crippen LogP contribution in [0.25, 0.3) is 0 Å². The van der Waals surface area contributed by atoms with Crippen LogP contribution in [0, 0.1) is 11.3 Å². The number of anilines is 1. The maximum atomic E-state index is 8.76. The van der Waals surface area contributed by atoms with Crippen molar-refractivity contribution >= 4 is 28.8 Å². The molecule has 5 heteroatoms. The standard InChI is InChI=1S/C12H10ClN3S/c1-8(10-5-6-11(13)17-10)15-12-4-2-3-9(7-14)16-12/h2-6,8H,1H3,(H,15,16). The average molecular weight is 264 g/mol. The fraction of sp³-hybridized carbons (Fsp3) is 0.167. The molecule has 0 bridgehead atoms. The normalized spacial score (nSPS) is 11.8. The first-order valence-electron chi connectivity index (χ1n) is 5.08. The van der Waals surface area contributed by atoms with Crippen LogP contribution in [-0.4, -0.2) is 4.98 Å². The summed E-state index contributed by atoms with van der Waals surface area (Å²) in [5.74, 6) is 0.695. The zero-order chi connectivity index (χ0) is 12.3. The van der Waals surface area contributed by atoms with Gasteiger partial charge >= 0.3 is 0 Å². The summed E-state index contributed by atoms with van der Waals surface area (Å²) in [7, 11) is 0. The predicted molar refractivity (Wildman–Crippen MR) is 70.3 cm³/mol. The minimum Gasteiger partial charge on any atom is -0.363 e. The number of nitriles is 1. The second-order valence-corrected chi connectivity index (χ2v) is 5.27. The smallest absolute Gasteiger partial charge is 0.142 e. The molecule has 0 aromatic carbocycles. The summed E-state index contributed by atoms with van der Waals surface area (Å²) in [5, 5.41) is 12.0. The second kappa shape index (κ2) is 5.17. The van der Waals surface area contributed by atoms with E-state index in [1.165, 1.54) is 11.3 Å². The van der Waals surface area contributed by atoms with Gasteiger partial charge in [0.25, 0.3) is 0 Å². The van der Waals surface area contributed by atoms with Crippen molar-refractivity contribution in [3.8, 4) is 6.07 Å². The molecule has 2 aromatic rings. The van der Waals surface area contributed by atoms with E-state index in [0.717, 1.165) is 9.21 Å². The van der Waals surface area contributed by atoms with Crippen molar-refractivity contribution in [2.45, 2.75) is 13.0 Å². The van der Waals surface area contributed by atoms with Gasteiger partial charge in [-0.15, -0.1) is 11.3 Å². The maximum absolute atomic E-state index is 8.76. The lowest BCUT2D eigenvalue weighted by Crippen LogP contribution is -2.06. The molecule has 2 heterocycles. The van der Waals surface area contributed by atoms with Crippen LogP contribution in [0.1, 0.15) is 23.5 Å². The van der Waals surface area contributed by atoms with Crippen LogP contribution in [0.2, 0.25) is 4.34 Å². The molecule has 0 spiro atoms. The Morgan fingerprint density at radius 3 is 2.88 bits per heavy atom. The highest BCUT2D eigenvalue weighted by molar-refractivity contribution is 7.16. The van der Waals surface area contributed by atoms with E-state index in [1.54, 1.807) is 6.07 Å². The Morgan fingerprint density at radius 2 is 2.24 bits per heavy atom. The quantitative estimate of drug-likeness (QED) is 0.915. The van der Waals surface area contributed by atoms with Crippen molar-refractivity contribution in [3.63, 3.8) is 0 Å². The molecule has 0 saturated heterocycles. The summed E-state index contributed by atoms with van der Waals surface area (Å²) in [6.45, 7) is 2.03. The van der Waals surface area contributed by atoms with Gasteiger partial charge in [0.2, 0.25) is 0 Å². The summed E-state index contributed by atoms with van der Waals surface area (Å²) in [6.07, 6.45) is 0. The number of thiophene rings is 1. The van der Waals surface area contributed by atoms with Gasteiger partial charge in [0.15, 0.2) is 0 Å². The van der Waals surface area contributed by atoms with Gasteiger partial charge in [-0.3, -0.25) is 0 Å². The van der Waals surface area contributed by atoms with Crippen LogP contribution in [0.5, 0.6) is 0 Å². The Hall–Kier alpha value is -1.57. The van der Waals surface area contributed by atoms with E-state index in [0.29, 0.717) is 11.5 Å². The molecule has 1 unspecified atom stereocenters. The van der Waals surface area contributed by atoms with E-state index in [4.69, 9.17) is 16.9 Å². The molecule has 2 aromatic heterocycles. The van der Waals surface area contributed by atoms with Crippen LogP contribution in [0.4, 0.5) is 5.82 Å². The monoisotopic (exact) mass is 263 g/mol. The number of nitrogens with one attached hydrogen (secondary N) is 1. The first kappa shape index (κ1) is 11.9. The van der Waals surface area contributed by atoms with Crippen molar-refractivity contribution in [2.75, 3.05) is 5.32 Å². The number of hydrogen-bond acceptors (Lipinski definition) is 4. The number of hydrogen-bond donors (Lipinski definition) is 1. The van der Waals surface area contributed by atoms with E-state index >= 15 is 0 Å². The van der Waals surface area contributed by atoms with Crippen molar-refractivity contribution in [2.24, 2.45) is 0 Å². The van der Waals surface area contributed by atoms with Gasteiger partial charge in [0.05, 0.1) is 10.4 Å². The van der Waals surface area contributed by atoms with E-state index in [2.05, 4.69) is 10.3 Å². The fourth-order valence-corrected chi connectivity index (χ4v) is 2.49. The molecule has 0 fully saturated rings. The minimum absolute atomic E-state index is 0.119. The van der Waals surface area contributed by atoms with Crippen LogP contribution >= 0.6 is 22.9 Å². The molecule has 2 rings (SSSR count). The SMILES string of the molecule is CC(Nc1cccc(C#N)n1)c1ccc(Cl)s1. The van der Waals surface area contributed by atoms with E-state index in [1.807, 2.05) is 37.3 Å². The van der Waals surface area contributed by atoms with Crippen LogP contribution in [0.3, 0.4) is 0 Å². The molecule has 86 valence electrons. The highest BCUT2D eigenvalue weighted by Gasteiger charge is 2.08. The van der Waals surface area contributed by atoms with E-state index < -0.39 is 0 Å². The van der Waals surface area contributed by atoms with Gasteiger partial charge in [-0.2, -0.15) is 5.26 Å². The molecule has 1 atom stereocenters. The third-order valence-corrected chi connectivity index (χ3v) is 3.66. The van der Waals surface area contributed by atoms with E-state index in [-0.39, 0.29) is 6.04 Å². The number of nitrogens with zero attached hydrogens (tertiary/aromatic N) is 2. The zero-order valence-electron chi connectivity index (χ0n) is 9.14. The summed E-state index contributed by atoms with van der Waals surface area (Å²) < 4.78 is 0.771. The molecule has 0 radical (unpaired) electrons. The van der Waals surface area contributed by atoms with Crippen molar-refractivity contribution in [1.82, 2.24) is 4.98 Å². The average Bonchev–Trinajstić information content (AvgIpc) is 2.76. The minimum atomic E-state index is 0.119. The molecule has 0 aliphatic heterocycles. The van der Waals surface area contributed by atoms with Crippen molar-refractivity contribution in [3.05, 3.63) is 45.2 Å². The number of aromatic nitrogens is 1. The van der Waals surface area contributed by atoms with Gasteiger partial charge < -0.3 is 5.32 Å². The van der Waals surface area contributed by atoms with E-state index in [9.17, 15) is 0 Å². The van der Waals surface area contributed by atoms with Gasteiger partial charge in [0, 0.05) is 4.88 Å². The third-order valence-electron chi connectivity index (χ3n) is 2.25. The lowest BCUT2D eigenvalue weighted by atomic mass is 10.2. The molecule has 0 aliphatic carbocycles. The molecule has 17 heavy (non-hydrogen) atoms. The van der Waals surface area contributed by atoms with Crippen LogP contribution in [0.15, 0.2) is 30.3 Å². The summed E-state index contributed by atoms with van der Waals surface area (Å²) in [5.41, 5.74) is 0.409. The first-order valence-corrected chi connectivity index (χ1v) is 6.27. The number of pyridine rings is 1. The third kappa shape index (κ3) is 2.96. The molecule has 0 amide bonds. The summed E-state index contributed by atoms with van der Waals surface area (Å²) in [4.78, 5) is 5.30. The number of rotatable bonds is 3. The highest BCUT2D eigenvalue weighted by Crippen LogP contribution is 2.28. The summed E-state index contributed by atoms with van der Waals surface area (Å²) >= 11 is 7.42. The Bertz CT molecular complexity index is 559. The fourth-order valence-electron chi connectivity index (χ4n) is 1.43. The lowest BCUT2D eigenvalue weighted by molar-refractivity contribution is 0.895. The van der Waals surface area contributed by atoms with Crippen LogP contribution < -0.4 is 5.32 Å². The lowest BCUT2D eigenvalue weighted by Gasteiger charge is -2.12. The Morgan fingerprint density at radius 1 is 1.41 bits per heavy atom. The number of halogens is 1. The Balaban J connectivity index is 2.13. The van der Waals surface area contributed by atoms with Crippen LogP contribution in [-0.2, 0) is 0 Å². The Labute approximate surface area is 109 Å². The zero-order valence-corrected chi connectivity index (χ0v) is 10.7. The molecule has 3 nitrogen and oxygen atoms in total. The predicted octanol–water partition coefficient (Wildman–Crippen LogP) is 3.84. The largest absolute Gasteiger partial charge is 0.363 e. The van der Waals surface area contributed by atoms with Gasteiger partial charge in [0.1, 0.15) is 17.6 Å². The first-order chi connectivity index (χ1) is 8.19. The van der Waals surface area contributed by atoms with Crippen molar-refractivity contribution in [1.29, 1.82) is 5.26 Å².